The number of hydrogen-bond donors (Lipinski definition) is 1. The second-order valence-corrected chi connectivity index (χ2v) is 6.72. The fraction of sp³-hybridized carbons (Fsp3) is 0.150. The van der Waals surface area contributed by atoms with E-state index >= 15 is 0 Å². The first kappa shape index (κ1) is 17.8. The quantitative estimate of drug-likeness (QED) is 0.693. The average molecular weight is 365 g/mol. The topological polar surface area (TPSA) is 82.1 Å². The van der Waals surface area contributed by atoms with Gasteiger partial charge < -0.3 is 15.2 Å². The summed E-state index contributed by atoms with van der Waals surface area (Å²) in [5.41, 5.74) is 2.40. The van der Waals surface area contributed by atoms with E-state index in [1.54, 1.807) is 5.38 Å². The molecule has 3 rings (SSSR count). The molecule has 26 heavy (non-hydrogen) atoms. The van der Waals surface area contributed by atoms with Crippen molar-refractivity contribution in [2.24, 2.45) is 0 Å². The van der Waals surface area contributed by atoms with Crippen molar-refractivity contribution in [3.8, 4) is 0 Å². The summed E-state index contributed by atoms with van der Waals surface area (Å²) in [4.78, 5) is 27.3. The molecule has 1 heterocycles. The second kappa shape index (κ2) is 8.40. The molecule has 0 bridgehead atoms. The SMILES string of the molecule is O=C([O-])Cc1csc(CC(=O)NC(c2ccccc2)c2ccccc2)n1. The smallest absolute Gasteiger partial charge is 0.227 e. The van der Waals surface area contributed by atoms with Gasteiger partial charge in [0.05, 0.1) is 18.2 Å². The number of thiazole rings is 1. The van der Waals surface area contributed by atoms with E-state index in [-0.39, 0.29) is 24.8 Å². The predicted molar refractivity (Wildman–Crippen MR) is 97.4 cm³/mol. The van der Waals surface area contributed by atoms with E-state index in [1.165, 1.54) is 11.3 Å². The van der Waals surface area contributed by atoms with Crippen LogP contribution in [-0.4, -0.2) is 16.9 Å². The van der Waals surface area contributed by atoms with Crippen molar-refractivity contribution in [2.75, 3.05) is 0 Å². The number of benzene rings is 2. The van der Waals surface area contributed by atoms with Crippen LogP contribution < -0.4 is 10.4 Å². The number of nitrogens with zero attached hydrogens (tertiary/aromatic N) is 1. The number of carbonyl (C=O) groups excluding carboxylic acids is 2. The van der Waals surface area contributed by atoms with Crippen LogP contribution in [0.5, 0.6) is 0 Å². The van der Waals surface area contributed by atoms with Crippen LogP contribution in [0.3, 0.4) is 0 Å². The summed E-state index contributed by atoms with van der Waals surface area (Å²) in [5, 5.41) is 15.9. The molecule has 3 aromatic rings. The maximum Gasteiger partial charge on any atom is 0.227 e. The summed E-state index contributed by atoms with van der Waals surface area (Å²) in [7, 11) is 0. The Kier molecular flexibility index (Phi) is 5.76. The van der Waals surface area contributed by atoms with Gasteiger partial charge in [-0.05, 0) is 11.1 Å². The molecular formula is C20H17N2O3S-. The number of nitrogens with one attached hydrogen (secondary N) is 1. The average Bonchev–Trinajstić information content (AvgIpc) is 3.07. The van der Waals surface area contributed by atoms with Crippen LogP contribution in [0.2, 0.25) is 0 Å². The van der Waals surface area contributed by atoms with Crippen LogP contribution in [0.1, 0.15) is 27.9 Å². The Morgan fingerprint density at radius 2 is 1.54 bits per heavy atom. The lowest BCUT2D eigenvalue weighted by molar-refractivity contribution is -0.304. The highest BCUT2D eigenvalue weighted by molar-refractivity contribution is 7.09. The minimum Gasteiger partial charge on any atom is -0.550 e. The lowest BCUT2D eigenvalue weighted by Crippen LogP contribution is -2.30. The predicted octanol–water partition coefficient (Wildman–Crippen LogP) is 1.88. The van der Waals surface area contributed by atoms with Gasteiger partial charge in [-0.25, -0.2) is 4.98 Å². The van der Waals surface area contributed by atoms with Crippen LogP contribution in [0.25, 0.3) is 0 Å². The van der Waals surface area contributed by atoms with Crippen molar-refractivity contribution >= 4 is 23.2 Å². The minimum atomic E-state index is -1.18. The molecule has 6 heteroatoms. The van der Waals surface area contributed by atoms with Crippen molar-refractivity contribution in [3.63, 3.8) is 0 Å². The summed E-state index contributed by atoms with van der Waals surface area (Å²) in [6, 6.07) is 19.2. The Morgan fingerprint density at radius 1 is 0.962 bits per heavy atom. The van der Waals surface area contributed by atoms with Crippen LogP contribution in [0.4, 0.5) is 0 Å². The van der Waals surface area contributed by atoms with Crippen molar-refractivity contribution in [2.45, 2.75) is 18.9 Å². The molecule has 1 amide bonds. The molecule has 0 fully saturated rings. The van der Waals surface area contributed by atoms with Gasteiger partial charge in [0.15, 0.2) is 0 Å². The highest BCUT2D eigenvalue weighted by atomic mass is 32.1. The summed E-state index contributed by atoms with van der Waals surface area (Å²) in [6.45, 7) is 0. The molecule has 132 valence electrons. The van der Waals surface area contributed by atoms with E-state index in [9.17, 15) is 14.7 Å². The van der Waals surface area contributed by atoms with Crippen molar-refractivity contribution in [1.82, 2.24) is 10.3 Å². The summed E-state index contributed by atoms with van der Waals surface area (Å²) >= 11 is 1.28. The third-order valence-corrected chi connectivity index (χ3v) is 4.71. The van der Waals surface area contributed by atoms with Crippen LogP contribution in [0, 0.1) is 0 Å². The summed E-state index contributed by atoms with van der Waals surface area (Å²) < 4.78 is 0. The van der Waals surface area contributed by atoms with Crippen LogP contribution >= 0.6 is 11.3 Å². The van der Waals surface area contributed by atoms with Crippen molar-refractivity contribution in [1.29, 1.82) is 0 Å². The van der Waals surface area contributed by atoms with Crippen molar-refractivity contribution in [3.05, 3.63) is 87.9 Å². The van der Waals surface area contributed by atoms with E-state index < -0.39 is 5.97 Å². The number of amides is 1. The van der Waals surface area contributed by atoms with Gasteiger partial charge >= 0.3 is 0 Å². The number of aromatic nitrogens is 1. The third-order valence-electron chi connectivity index (χ3n) is 3.81. The fourth-order valence-corrected chi connectivity index (χ4v) is 3.45. The highest BCUT2D eigenvalue weighted by Gasteiger charge is 2.17. The van der Waals surface area contributed by atoms with Gasteiger partial charge in [-0.2, -0.15) is 0 Å². The standard InChI is InChI=1S/C20H18N2O3S/c23-17(12-18-21-16(13-26-18)11-19(24)25)22-20(14-7-3-1-4-8-14)15-9-5-2-6-10-15/h1-10,13,20H,11-12H2,(H,22,23)(H,24,25)/p-1. The maximum absolute atomic E-state index is 12.5. The Balaban J connectivity index is 1.73. The summed E-state index contributed by atoms with van der Waals surface area (Å²) in [5.74, 6) is -1.35. The second-order valence-electron chi connectivity index (χ2n) is 5.78. The minimum absolute atomic E-state index is 0.105. The van der Waals surface area contributed by atoms with Gasteiger partial charge in [-0.1, -0.05) is 60.7 Å². The van der Waals surface area contributed by atoms with Gasteiger partial charge in [0, 0.05) is 17.8 Å². The molecule has 0 spiro atoms. The molecule has 0 unspecified atom stereocenters. The van der Waals surface area contributed by atoms with Gasteiger partial charge in [0.25, 0.3) is 0 Å². The molecular weight excluding hydrogens is 348 g/mol. The van der Waals surface area contributed by atoms with Gasteiger partial charge in [-0.15, -0.1) is 11.3 Å². The third kappa shape index (κ3) is 4.77. The monoisotopic (exact) mass is 365 g/mol. The molecule has 0 saturated carbocycles. The number of aliphatic carboxylic acids is 1. The zero-order valence-electron chi connectivity index (χ0n) is 13.9. The summed E-state index contributed by atoms with van der Waals surface area (Å²) in [6.07, 6.45) is -0.136. The van der Waals surface area contributed by atoms with Crippen LogP contribution in [0.15, 0.2) is 66.0 Å². The Labute approximate surface area is 155 Å². The van der Waals surface area contributed by atoms with E-state index in [2.05, 4.69) is 10.3 Å². The van der Waals surface area contributed by atoms with E-state index in [0.29, 0.717) is 10.7 Å². The molecule has 0 saturated heterocycles. The zero-order valence-corrected chi connectivity index (χ0v) is 14.7. The van der Waals surface area contributed by atoms with Gasteiger partial charge in [0.2, 0.25) is 5.91 Å². The fourth-order valence-electron chi connectivity index (χ4n) is 2.66. The number of carboxylic acids is 1. The van der Waals surface area contributed by atoms with Crippen molar-refractivity contribution < 1.29 is 14.7 Å². The number of rotatable bonds is 7. The molecule has 0 aliphatic heterocycles. The van der Waals surface area contributed by atoms with E-state index in [1.807, 2.05) is 60.7 Å². The molecule has 1 aromatic heterocycles. The Bertz CT molecular complexity index is 839. The molecule has 0 aliphatic carbocycles. The van der Waals surface area contributed by atoms with Crippen LogP contribution in [-0.2, 0) is 22.4 Å². The van der Waals surface area contributed by atoms with Gasteiger partial charge in [-0.3, -0.25) is 4.79 Å². The zero-order chi connectivity index (χ0) is 18.4. The van der Waals surface area contributed by atoms with Gasteiger partial charge in [0.1, 0.15) is 5.01 Å². The first-order chi connectivity index (χ1) is 12.6. The lowest BCUT2D eigenvalue weighted by atomic mass is 9.98. The largest absolute Gasteiger partial charge is 0.550 e. The number of carbonyl (C=O) groups is 2. The highest BCUT2D eigenvalue weighted by Crippen LogP contribution is 2.22. The van der Waals surface area contributed by atoms with E-state index in [4.69, 9.17) is 0 Å². The molecule has 0 aliphatic rings. The molecule has 2 aromatic carbocycles. The first-order valence-electron chi connectivity index (χ1n) is 8.14. The normalized spacial score (nSPS) is 10.7. The molecule has 1 N–H and O–H groups in total. The van der Waals surface area contributed by atoms with E-state index in [0.717, 1.165) is 11.1 Å². The number of carboxylic acid groups (broad SMARTS) is 1. The first-order valence-corrected chi connectivity index (χ1v) is 9.02. The Hall–Kier alpha value is -2.99. The molecule has 0 radical (unpaired) electrons. The maximum atomic E-state index is 12.5. The molecule has 0 atom stereocenters. The lowest BCUT2D eigenvalue weighted by Gasteiger charge is -2.19. The molecule has 5 nitrogen and oxygen atoms in total. The number of hydrogen-bond acceptors (Lipinski definition) is 5. The Morgan fingerprint density at radius 3 is 2.08 bits per heavy atom.